The van der Waals surface area contributed by atoms with Crippen molar-refractivity contribution in [2.45, 2.75) is 32.2 Å². The number of carbonyl (C=O) groups excluding carboxylic acids is 1. The average Bonchev–Trinajstić information content (AvgIpc) is 3.21. The minimum atomic E-state index is -0.517. The minimum Gasteiger partial charge on any atom is -0.341 e. The van der Waals surface area contributed by atoms with Gasteiger partial charge in [-0.3, -0.25) is 4.79 Å². The first kappa shape index (κ1) is 13.1. The predicted octanol–water partition coefficient (Wildman–Crippen LogP) is 2.34. The number of nitrogens with two attached hydrogens (primary N) is 1. The molecule has 98 valence electrons. The normalized spacial score (nSPS) is 16.3. The molecule has 1 aliphatic rings. The number of rotatable bonds is 6. The molecule has 0 radical (unpaired) electrons. The second kappa shape index (κ2) is 6.01. The summed E-state index contributed by atoms with van der Waals surface area (Å²) in [5.74, 6) is 0.776. The van der Waals surface area contributed by atoms with Gasteiger partial charge in [0.1, 0.15) is 6.04 Å². The Balaban J connectivity index is 2.02. The van der Waals surface area contributed by atoms with Gasteiger partial charge >= 0.3 is 0 Å². The Morgan fingerprint density at radius 3 is 2.61 bits per heavy atom. The van der Waals surface area contributed by atoms with Crippen LogP contribution in [0, 0.1) is 5.92 Å². The number of hydrogen-bond acceptors (Lipinski definition) is 2. The zero-order chi connectivity index (χ0) is 13.0. The first-order valence-corrected chi connectivity index (χ1v) is 6.81. The molecular weight excluding hydrogens is 224 g/mol. The van der Waals surface area contributed by atoms with Crippen molar-refractivity contribution in [3.8, 4) is 0 Å². The van der Waals surface area contributed by atoms with Crippen LogP contribution in [0.1, 0.15) is 37.8 Å². The number of benzene rings is 1. The summed E-state index contributed by atoms with van der Waals surface area (Å²) >= 11 is 0. The fourth-order valence-electron chi connectivity index (χ4n) is 2.17. The van der Waals surface area contributed by atoms with E-state index in [1.165, 1.54) is 12.8 Å². The summed E-state index contributed by atoms with van der Waals surface area (Å²) in [6.45, 7) is 3.80. The number of nitrogens with zero attached hydrogens (tertiary/aromatic N) is 1. The lowest BCUT2D eigenvalue weighted by molar-refractivity contribution is -0.133. The highest BCUT2D eigenvalue weighted by molar-refractivity contribution is 5.83. The van der Waals surface area contributed by atoms with Crippen LogP contribution in [0.5, 0.6) is 0 Å². The molecule has 1 aromatic carbocycles. The van der Waals surface area contributed by atoms with E-state index in [2.05, 4.69) is 6.92 Å². The molecule has 1 saturated carbocycles. The van der Waals surface area contributed by atoms with Gasteiger partial charge in [-0.25, -0.2) is 0 Å². The van der Waals surface area contributed by atoms with Gasteiger partial charge in [0.15, 0.2) is 0 Å². The first-order chi connectivity index (χ1) is 8.72. The molecule has 1 amide bonds. The second-order valence-electron chi connectivity index (χ2n) is 5.12. The Morgan fingerprint density at radius 1 is 1.39 bits per heavy atom. The maximum atomic E-state index is 12.4. The van der Waals surface area contributed by atoms with Crippen molar-refractivity contribution in [1.82, 2.24) is 4.90 Å². The molecular formula is C15H22N2O. The van der Waals surface area contributed by atoms with Crippen molar-refractivity contribution in [1.29, 1.82) is 0 Å². The molecule has 0 spiro atoms. The topological polar surface area (TPSA) is 46.3 Å². The van der Waals surface area contributed by atoms with Gasteiger partial charge < -0.3 is 10.6 Å². The van der Waals surface area contributed by atoms with Crippen LogP contribution < -0.4 is 5.73 Å². The molecule has 18 heavy (non-hydrogen) atoms. The molecule has 3 heteroatoms. The smallest absolute Gasteiger partial charge is 0.244 e. The molecule has 1 fully saturated rings. The van der Waals surface area contributed by atoms with Gasteiger partial charge in [-0.05, 0) is 30.7 Å². The summed E-state index contributed by atoms with van der Waals surface area (Å²) in [6.07, 6.45) is 3.50. The van der Waals surface area contributed by atoms with Crippen molar-refractivity contribution < 1.29 is 4.79 Å². The highest BCUT2D eigenvalue weighted by atomic mass is 16.2. The standard InChI is InChI=1S/C15H22N2O/c1-2-10-17(11-12-8-9-12)15(18)14(16)13-6-4-3-5-7-13/h3-7,12,14H,2,8-11,16H2,1H3/t14-/m0/s1. The van der Waals surface area contributed by atoms with Crippen molar-refractivity contribution in [3.63, 3.8) is 0 Å². The van der Waals surface area contributed by atoms with E-state index in [0.29, 0.717) is 5.92 Å². The molecule has 2 rings (SSSR count). The molecule has 2 N–H and O–H groups in total. The summed E-state index contributed by atoms with van der Waals surface area (Å²) in [4.78, 5) is 14.3. The fraction of sp³-hybridized carbons (Fsp3) is 0.533. The van der Waals surface area contributed by atoms with Gasteiger partial charge in [0.05, 0.1) is 0 Å². The highest BCUT2D eigenvalue weighted by Gasteiger charge is 2.29. The van der Waals surface area contributed by atoms with E-state index >= 15 is 0 Å². The third-order valence-electron chi connectivity index (χ3n) is 3.41. The summed E-state index contributed by atoms with van der Waals surface area (Å²) < 4.78 is 0. The molecule has 0 unspecified atom stereocenters. The van der Waals surface area contributed by atoms with Crippen LogP contribution >= 0.6 is 0 Å². The summed E-state index contributed by atoms with van der Waals surface area (Å²) in [6, 6.07) is 9.11. The Hall–Kier alpha value is -1.35. The van der Waals surface area contributed by atoms with Gasteiger partial charge in [-0.2, -0.15) is 0 Å². The lowest BCUT2D eigenvalue weighted by Crippen LogP contribution is -2.40. The molecule has 1 aliphatic carbocycles. The van der Waals surface area contributed by atoms with E-state index in [1.54, 1.807) is 0 Å². The lowest BCUT2D eigenvalue weighted by Gasteiger charge is -2.25. The highest BCUT2D eigenvalue weighted by Crippen LogP contribution is 2.30. The van der Waals surface area contributed by atoms with Crippen LogP contribution in [0.4, 0.5) is 0 Å². The van der Waals surface area contributed by atoms with E-state index < -0.39 is 6.04 Å². The molecule has 0 aliphatic heterocycles. The number of carbonyl (C=O) groups is 1. The van der Waals surface area contributed by atoms with Crippen molar-refractivity contribution in [2.75, 3.05) is 13.1 Å². The predicted molar refractivity (Wildman–Crippen MR) is 73.0 cm³/mol. The van der Waals surface area contributed by atoms with Crippen molar-refractivity contribution in [2.24, 2.45) is 11.7 Å². The third kappa shape index (κ3) is 3.33. The molecule has 1 aromatic rings. The zero-order valence-electron chi connectivity index (χ0n) is 11.0. The third-order valence-corrected chi connectivity index (χ3v) is 3.41. The van der Waals surface area contributed by atoms with E-state index in [9.17, 15) is 4.79 Å². The Labute approximate surface area is 109 Å². The van der Waals surface area contributed by atoms with Gasteiger partial charge in [0.25, 0.3) is 0 Å². The zero-order valence-corrected chi connectivity index (χ0v) is 11.0. The van der Waals surface area contributed by atoms with Gasteiger partial charge in [0.2, 0.25) is 5.91 Å². The molecule has 0 saturated heterocycles. The Kier molecular flexibility index (Phi) is 4.37. The van der Waals surface area contributed by atoms with E-state index in [-0.39, 0.29) is 5.91 Å². The van der Waals surface area contributed by atoms with Gasteiger partial charge in [-0.15, -0.1) is 0 Å². The van der Waals surface area contributed by atoms with Crippen LogP contribution in [0.2, 0.25) is 0 Å². The maximum Gasteiger partial charge on any atom is 0.244 e. The summed E-state index contributed by atoms with van der Waals surface area (Å²) in [7, 11) is 0. The van der Waals surface area contributed by atoms with Crippen molar-refractivity contribution in [3.05, 3.63) is 35.9 Å². The monoisotopic (exact) mass is 246 g/mol. The minimum absolute atomic E-state index is 0.0648. The average molecular weight is 246 g/mol. The van der Waals surface area contributed by atoms with Crippen LogP contribution in [0.25, 0.3) is 0 Å². The van der Waals surface area contributed by atoms with E-state index in [4.69, 9.17) is 5.73 Å². The summed E-state index contributed by atoms with van der Waals surface area (Å²) in [5, 5.41) is 0. The first-order valence-electron chi connectivity index (χ1n) is 6.81. The number of hydrogen-bond donors (Lipinski definition) is 1. The maximum absolute atomic E-state index is 12.4. The number of amides is 1. The molecule has 0 bridgehead atoms. The summed E-state index contributed by atoms with van der Waals surface area (Å²) in [5.41, 5.74) is 6.98. The van der Waals surface area contributed by atoms with Crippen LogP contribution in [-0.4, -0.2) is 23.9 Å². The Morgan fingerprint density at radius 2 is 2.06 bits per heavy atom. The van der Waals surface area contributed by atoms with Gasteiger partial charge in [-0.1, -0.05) is 37.3 Å². The van der Waals surface area contributed by atoms with Crippen LogP contribution in [0.3, 0.4) is 0 Å². The molecule has 0 aromatic heterocycles. The van der Waals surface area contributed by atoms with E-state index in [1.807, 2.05) is 35.2 Å². The van der Waals surface area contributed by atoms with Crippen LogP contribution in [-0.2, 0) is 4.79 Å². The lowest BCUT2D eigenvalue weighted by atomic mass is 10.1. The molecule has 1 atom stereocenters. The molecule has 0 heterocycles. The fourth-order valence-corrected chi connectivity index (χ4v) is 2.17. The quantitative estimate of drug-likeness (QED) is 0.837. The molecule has 3 nitrogen and oxygen atoms in total. The largest absolute Gasteiger partial charge is 0.341 e. The van der Waals surface area contributed by atoms with Crippen LogP contribution in [0.15, 0.2) is 30.3 Å². The SMILES string of the molecule is CCCN(CC1CC1)C(=O)[C@@H](N)c1ccccc1. The Bertz CT molecular complexity index is 387. The van der Waals surface area contributed by atoms with E-state index in [0.717, 1.165) is 25.1 Å². The van der Waals surface area contributed by atoms with Gasteiger partial charge in [0, 0.05) is 13.1 Å². The second-order valence-corrected chi connectivity index (χ2v) is 5.12. The van der Waals surface area contributed by atoms with Crippen molar-refractivity contribution >= 4 is 5.91 Å².